The summed E-state index contributed by atoms with van der Waals surface area (Å²) in [6.07, 6.45) is -4.72. The lowest BCUT2D eigenvalue weighted by Gasteiger charge is -2.45. The van der Waals surface area contributed by atoms with Gasteiger partial charge in [-0.05, 0) is 48.9 Å². The summed E-state index contributed by atoms with van der Waals surface area (Å²) in [7, 11) is -6.66. The van der Waals surface area contributed by atoms with E-state index < -0.39 is 60.4 Å². The van der Waals surface area contributed by atoms with E-state index in [0.717, 1.165) is 22.5 Å². The van der Waals surface area contributed by atoms with Crippen molar-refractivity contribution in [2.45, 2.75) is 28.8 Å². The van der Waals surface area contributed by atoms with Crippen molar-refractivity contribution in [1.82, 2.24) is 9.21 Å². The Labute approximate surface area is 206 Å². The zero-order chi connectivity index (χ0) is 26.3. The second-order valence-electron chi connectivity index (χ2n) is 8.50. The highest BCUT2D eigenvalue weighted by atomic mass is 32.2. The Bertz CT molecular complexity index is 1350. The average Bonchev–Trinajstić information content (AvgIpc) is 2.84. The van der Waals surface area contributed by atoms with Crippen LogP contribution < -0.4 is 10.1 Å². The smallest absolute Gasteiger partial charge is 0.416 e. The van der Waals surface area contributed by atoms with Gasteiger partial charge < -0.3 is 15.0 Å². The van der Waals surface area contributed by atoms with Gasteiger partial charge in [-0.2, -0.15) is 17.5 Å². The third-order valence-corrected chi connectivity index (χ3v) is 10.4. The van der Waals surface area contributed by atoms with Gasteiger partial charge in [0.25, 0.3) is 0 Å². The maximum Gasteiger partial charge on any atom is 0.416 e. The summed E-state index contributed by atoms with van der Waals surface area (Å²) >= 11 is 0. The number of carbonyl (C=O) groups is 1. The molecule has 0 aromatic heterocycles. The number of nitrogens with zero attached hydrogens (tertiary/aromatic N) is 2. The molecule has 196 valence electrons. The van der Waals surface area contributed by atoms with Gasteiger partial charge in [0.05, 0.1) is 34.6 Å². The van der Waals surface area contributed by atoms with Crippen molar-refractivity contribution in [3.8, 4) is 5.75 Å². The molecule has 2 aromatic carbocycles. The Balaban J connectivity index is 1.55. The molecule has 2 fully saturated rings. The molecule has 2 atom stereocenters. The average molecular weight is 548 g/mol. The van der Waals surface area contributed by atoms with E-state index in [0.29, 0.717) is 17.5 Å². The number of alkyl halides is 3. The number of carbonyl (C=O) groups excluding carboxylic acids is 1. The number of nitrogens with one attached hydrogen (secondary N) is 1. The molecule has 0 aliphatic carbocycles. The Kier molecular flexibility index (Phi) is 6.96. The minimum atomic E-state index is -4.73. The summed E-state index contributed by atoms with van der Waals surface area (Å²) in [6, 6.07) is 8.56. The molecule has 1 N–H and O–H groups in total. The van der Waals surface area contributed by atoms with E-state index in [2.05, 4.69) is 5.32 Å². The number of halogens is 3. The highest BCUT2D eigenvalue weighted by Gasteiger charge is 2.48. The van der Waals surface area contributed by atoms with Crippen LogP contribution in [0.15, 0.2) is 53.4 Å². The number of fused-ring (bicyclic) bond motifs is 1. The topological polar surface area (TPSA) is 113 Å². The Morgan fingerprint density at radius 3 is 2.44 bits per heavy atom. The van der Waals surface area contributed by atoms with E-state index in [1.165, 1.54) is 12.0 Å². The van der Waals surface area contributed by atoms with Crippen LogP contribution in [0.5, 0.6) is 5.75 Å². The number of hydrogen-bond donors (Lipinski definition) is 1. The summed E-state index contributed by atoms with van der Waals surface area (Å²) in [5.41, 5.74) is -0.652. The zero-order valence-corrected chi connectivity index (χ0v) is 20.7. The first-order valence-electron chi connectivity index (χ1n) is 10.9. The minimum Gasteiger partial charge on any atom is -0.497 e. The molecule has 2 aliphatic heterocycles. The number of sulfone groups is 1. The van der Waals surface area contributed by atoms with Crippen molar-refractivity contribution in [2.75, 3.05) is 37.8 Å². The van der Waals surface area contributed by atoms with Crippen molar-refractivity contribution < 1.29 is 39.5 Å². The maximum absolute atomic E-state index is 13.1. The number of methoxy groups -OCH3 is 1. The second kappa shape index (κ2) is 9.56. The maximum atomic E-state index is 13.1. The molecule has 2 aliphatic rings. The van der Waals surface area contributed by atoms with Crippen LogP contribution in [0.1, 0.15) is 12.0 Å². The predicted molar refractivity (Wildman–Crippen MR) is 125 cm³/mol. The molecule has 0 spiro atoms. The third-order valence-electron chi connectivity index (χ3n) is 6.37. The van der Waals surface area contributed by atoms with Gasteiger partial charge >= 0.3 is 12.2 Å². The molecule has 2 aromatic rings. The van der Waals surface area contributed by atoms with Crippen LogP contribution >= 0.6 is 0 Å². The van der Waals surface area contributed by atoms with Gasteiger partial charge in [0.2, 0.25) is 10.0 Å². The molecule has 0 bridgehead atoms. The summed E-state index contributed by atoms with van der Waals surface area (Å²) < 4.78 is 97.2. The lowest BCUT2D eigenvalue weighted by molar-refractivity contribution is -0.137. The number of anilines is 1. The molecular formula is C22H24F3N3O6S2. The van der Waals surface area contributed by atoms with Crippen LogP contribution in [0.2, 0.25) is 0 Å². The van der Waals surface area contributed by atoms with Crippen LogP contribution in [0.3, 0.4) is 0 Å². The van der Waals surface area contributed by atoms with E-state index in [9.17, 15) is 34.8 Å². The van der Waals surface area contributed by atoms with E-state index in [1.54, 1.807) is 24.3 Å². The highest BCUT2D eigenvalue weighted by Crippen LogP contribution is 2.34. The molecule has 2 heterocycles. The van der Waals surface area contributed by atoms with Crippen LogP contribution in [0.4, 0.5) is 23.7 Å². The quantitative estimate of drug-likeness (QED) is 0.630. The molecule has 2 unspecified atom stereocenters. The number of urea groups is 1. The largest absolute Gasteiger partial charge is 0.497 e. The fourth-order valence-corrected chi connectivity index (χ4v) is 7.99. The van der Waals surface area contributed by atoms with Gasteiger partial charge in [0.1, 0.15) is 5.75 Å². The number of ether oxygens (including phenoxy) is 1. The summed E-state index contributed by atoms with van der Waals surface area (Å²) in [6.45, 7) is -0.675. The van der Waals surface area contributed by atoms with Gasteiger partial charge in [-0.15, -0.1) is 0 Å². The number of hydrogen-bond acceptors (Lipinski definition) is 6. The lowest BCUT2D eigenvalue weighted by atomic mass is 10.0. The van der Waals surface area contributed by atoms with Crippen molar-refractivity contribution in [1.29, 1.82) is 0 Å². The lowest BCUT2D eigenvalue weighted by Crippen LogP contribution is -2.64. The first kappa shape index (κ1) is 26.2. The van der Waals surface area contributed by atoms with Gasteiger partial charge in [-0.3, -0.25) is 0 Å². The summed E-state index contributed by atoms with van der Waals surface area (Å²) in [5.74, 6) is 0.230. The second-order valence-corrected chi connectivity index (χ2v) is 12.8. The van der Waals surface area contributed by atoms with Crippen molar-refractivity contribution in [3.05, 3.63) is 54.1 Å². The third kappa shape index (κ3) is 5.15. The number of benzene rings is 2. The summed E-state index contributed by atoms with van der Waals surface area (Å²) in [4.78, 5) is 13.8. The molecule has 2 saturated heterocycles. The van der Waals surface area contributed by atoms with Crippen LogP contribution in [0, 0.1) is 0 Å². The zero-order valence-electron chi connectivity index (χ0n) is 19.1. The first-order chi connectivity index (χ1) is 16.8. The molecule has 9 nitrogen and oxygen atoms in total. The fourth-order valence-electron chi connectivity index (χ4n) is 4.45. The van der Waals surface area contributed by atoms with Gasteiger partial charge in [-0.1, -0.05) is 6.07 Å². The number of sulfonamides is 1. The SMILES string of the molecule is COc1ccc(NC(=O)N2CCS(=O)(=O)C3CN(S(=O)(=O)c4cccc(C(F)(F)F)c4)CCC32)cc1. The molecule has 0 saturated carbocycles. The fraction of sp³-hybridized carbons (Fsp3) is 0.409. The Morgan fingerprint density at radius 2 is 1.81 bits per heavy atom. The molecule has 14 heteroatoms. The normalized spacial score (nSPS) is 22.5. The molecule has 0 radical (unpaired) electrons. The molecule has 2 amide bonds. The first-order valence-corrected chi connectivity index (χ1v) is 14.1. The predicted octanol–water partition coefficient (Wildman–Crippen LogP) is 2.81. The van der Waals surface area contributed by atoms with E-state index in [4.69, 9.17) is 4.74 Å². The van der Waals surface area contributed by atoms with Gasteiger partial charge in [-0.25, -0.2) is 21.6 Å². The Morgan fingerprint density at radius 1 is 1.11 bits per heavy atom. The molecular weight excluding hydrogens is 523 g/mol. The monoisotopic (exact) mass is 547 g/mol. The molecule has 36 heavy (non-hydrogen) atoms. The minimum absolute atomic E-state index is 0.0120. The van der Waals surface area contributed by atoms with Gasteiger partial charge in [0, 0.05) is 25.3 Å². The van der Waals surface area contributed by atoms with E-state index in [-0.39, 0.29) is 25.3 Å². The van der Waals surface area contributed by atoms with Crippen molar-refractivity contribution in [3.63, 3.8) is 0 Å². The standard InChI is InChI=1S/C22H24F3N3O6S2/c1-34-17-7-5-16(6-8-17)26-21(29)28-11-12-35(30,31)20-14-27(10-9-19(20)28)36(32,33)18-4-2-3-15(13-18)22(23,24)25/h2-8,13,19-20H,9-12,14H2,1H3,(H,26,29). The van der Waals surface area contributed by atoms with Crippen LogP contribution in [-0.2, 0) is 26.0 Å². The van der Waals surface area contributed by atoms with E-state index >= 15 is 0 Å². The summed E-state index contributed by atoms with van der Waals surface area (Å²) in [5, 5.41) is 1.50. The van der Waals surface area contributed by atoms with Crippen LogP contribution in [-0.4, -0.2) is 75.9 Å². The number of piperidine rings is 1. The Hall–Kier alpha value is -2.84. The molecule has 4 rings (SSSR count). The number of rotatable bonds is 4. The van der Waals surface area contributed by atoms with Gasteiger partial charge in [0.15, 0.2) is 9.84 Å². The van der Waals surface area contributed by atoms with Crippen LogP contribution in [0.25, 0.3) is 0 Å². The number of amides is 2. The van der Waals surface area contributed by atoms with E-state index in [1.807, 2.05) is 0 Å². The van der Waals surface area contributed by atoms with Crippen molar-refractivity contribution >= 4 is 31.6 Å². The highest BCUT2D eigenvalue weighted by molar-refractivity contribution is 7.92. The van der Waals surface area contributed by atoms with Crippen molar-refractivity contribution in [2.24, 2.45) is 0 Å².